The van der Waals surface area contributed by atoms with Crippen LogP contribution in [0.5, 0.6) is 0 Å². The molecule has 1 unspecified atom stereocenters. The van der Waals surface area contributed by atoms with Gasteiger partial charge in [-0.1, -0.05) is 0 Å². The zero-order valence-electron chi connectivity index (χ0n) is 9.38. The lowest BCUT2D eigenvalue weighted by Gasteiger charge is -2.12. The summed E-state index contributed by atoms with van der Waals surface area (Å²) >= 11 is 0. The van der Waals surface area contributed by atoms with Gasteiger partial charge in [0, 0.05) is 26.3 Å². The average molecular weight is 213 g/mol. The van der Waals surface area contributed by atoms with E-state index >= 15 is 0 Å². The van der Waals surface area contributed by atoms with E-state index in [2.05, 4.69) is 10.6 Å². The first-order valence-corrected chi connectivity index (χ1v) is 5.06. The minimum Gasteiger partial charge on any atom is -0.385 e. The van der Waals surface area contributed by atoms with Gasteiger partial charge in [-0.2, -0.15) is 5.26 Å². The van der Waals surface area contributed by atoms with Crippen molar-refractivity contribution in [2.24, 2.45) is 0 Å². The van der Waals surface area contributed by atoms with Crippen molar-refractivity contribution in [1.82, 2.24) is 10.6 Å². The molecule has 5 heteroatoms. The molecule has 0 aliphatic carbocycles. The van der Waals surface area contributed by atoms with Crippen LogP contribution in [0.4, 0.5) is 0 Å². The summed E-state index contributed by atoms with van der Waals surface area (Å²) in [7, 11) is 1.65. The van der Waals surface area contributed by atoms with Crippen molar-refractivity contribution in [2.45, 2.75) is 25.8 Å². The number of hydrogen-bond donors (Lipinski definition) is 2. The van der Waals surface area contributed by atoms with Gasteiger partial charge in [0.25, 0.3) is 0 Å². The van der Waals surface area contributed by atoms with Crippen molar-refractivity contribution in [3.8, 4) is 6.07 Å². The molecule has 0 aromatic rings. The second-order valence-corrected chi connectivity index (χ2v) is 3.32. The number of ether oxygens (including phenoxy) is 1. The normalized spacial score (nSPS) is 11.8. The average Bonchev–Trinajstić information content (AvgIpc) is 2.24. The first kappa shape index (κ1) is 13.9. The summed E-state index contributed by atoms with van der Waals surface area (Å²) < 4.78 is 4.92. The lowest BCUT2D eigenvalue weighted by molar-refractivity contribution is -0.120. The van der Waals surface area contributed by atoms with Crippen molar-refractivity contribution >= 4 is 5.91 Å². The van der Waals surface area contributed by atoms with E-state index in [4.69, 9.17) is 10.00 Å². The second-order valence-electron chi connectivity index (χ2n) is 3.32. The summed E-state index contributed by atoms with van der Waals surface area (Å²) in [5, 5.41) is 14.0. The number of carbonyl (C=O) groups is 1. The lowest BCUT2D eigenvalue weighted by Crippen LogP contribution is -2.38. The Bertz CT molecular complexity index is 213. The van der Waals surface area contributed by atoms with E-state index in [1.165, 1.54) is 0 Å². The Labute approximate surface area is 90.8 Å². The molecular weight excluding hydrogens is 194 g/mol. The van der Waals surface area contributed by atoms with E-state index in [-0.39, 0.29) is 18.5 Å². The van der Waals surface area contributed by atoms with Crippen LogP contribution in [-0.2, 0) is 9.53 Å². The van der Waals surface area contributed by atoms with Gasteiger partial charge in [-0.05, 0) is 13.3 Å². The van der Waals surface area contributed by atoms with E-state index in [1.807, 2.05) is 13.0 Å². The van der Waals surface area contributed by atoms with Gasteiger partial charge >= 0.3 is 0 Å². The van der Waals surface area contributed by atoms with Crippen LogP contribution in [0, 0.1) is 11.3 Å². The summed E-state index contributed by atoms with van der Waals surface area (Å²) in [4.78, 5) is 11.2. The Morgan fingerprint density at radius 2 is 2.33 bits per heavy atom. The third kappa shape index (κ3) is 9.19. The molecule has 0 saturated heterocycles. The fourth-order valence-corrected chi connectivity index (χ4v) is 0.984. The van der Waals surface area contributed by atoms with E-state index < -0.39 is 0 Å². The molecule has 0 radical (unpaired) electrons. The molecule has 0 aliphatic rings. The fraction of sp³-hybridized carbons (Fsp3) is 0.800. The number of nitrogens with zero attached hydrogens (tertiary/aromatic N) is 1. The molecule has 0 fully saturated rings. The summed E-state index contributed by atoms with van der Waals surface area (Å²) in [6.45, 7) is 3.39. The molecule has 5 nitrogen and oxygen atoms in total. The van der Waals surface area contributed by atoms with Crippen molar-refractivity contribution in [3.63, 3.8) is 0 Å². The fourth-order valence-electron chi connectivity index (χ4n) is 0.984. The van der Waals surface area contributed by atoms with Crippen LogP contribution in [0.15, 0.2) is 0 Å². The van der Waals surface area contributed by atoms with Gasteiger partial charge in [-0.15, -0.1) is 0 Å². The van der Waals surface area contributed by atoms with Crippen LogP contribution in [0.3, 0.4) is 0 Å². The number of amides is 1. The molecule has 0 aromatic heterocycles. The highest BCUT2D eigenvalue weighted by molar-refractivity contribution is 5.77. The van der Waals surface area contributed by atoms with Gasteiger partial charge in [0.1, 0.15) is 0 Å². The summed E-state index contributed by atoms with van der Waals surface area (Å²) in [5.74, 6) is -0.0745. The second kappa shape index (κ2) is 9.44. The van der Waals surface area contributed by atoms with E-state index in [9.17, 15) is 4.79 Å². The predicted molar refractivity (Wildman–Crippen MR) is 57.2 cm³/mol. The Morgan fingerprint density at radius 3 is 2.93 bits per heavy atom. The van der Waals surface area contributed by atoms with Crippen LogP contribution in [0.1, 0.15) is 19.8 Å². The highest BCUT2D eigenvalue weighted by atomic mass is 16.5. The Hall–Kier alpha value is -1.12. The first-order chi connectivity index (χ1) is 7.20. The number of nitriles is 1. The number of nitrogens with one attached hydrogen (secondary N) is 2. The van der Waals surface area contributed by atoms with Crippen LogP contribution in [0.25, 0.3) is 0 Å². The number of methoxy groups -OCH3 is 1. The van der Waals surface area contributed by atoms with Crippen LogP contribution < -0.4 is 10.6 Å². The summed E-state index contributed by atoms with van der Waals surface area (Å²) in [6, 6.07) is 2.22. The quantitative estimate of drug-likeness (QED) is 0.558. The minimum absolute atomic E-state index is 0.0745. The highest BCUT2D eigenvalue weighted by Gasteiger charge is 2.04. The predicted octanol–water partition coefficient (Wildman–Crippen LogP) is 0.0309. The molecule has 0 spiro atoms. The van der Waals surface area contributed by atoms with E-state index in [1.54, 1.807) is 7.11 Å². The van der Waals surface area contributed by atoms with Gasteiger partial charge in [0.2, 0.25) is 5.91 Å². The third-order valence-electron chi connectivity index (χ3n) is 1.93. The molecule has 1 amide bonds. The maximum atomic E-state index is 11.2. The molecule has 2 N–H and O–H groups in total. The first-order valence-electron chi connectivity index (χ1n) is 5.06. The topological polar surface area (TPSA) is 74.2 Å². The molecule has 0 aromatic carbocycles. The van der Waals surface area contributed by atoms with Crippen molar-refractivity contribution in [2.75, 3.05) is 26.8 Å². The van der Waals surface area contributed by atoms with E-state index in [0.717, 1.165) is 6.42 Å². The smallest absolute Gasteiger partial charge is 0.233 e. The molecule has 0 rings (SSSR count). The van der Waals surface area contributed by atoms with Gasteiger partial charge in [-0.3, -0.25) is 4.79 Å². The Balaban J connectivity index is 3.41. The molecule has 0 bridgehead atoms. The zero-order valence-corrected chi connectivity index (χ0v) is 9.38. The number of hydrogen-bond acceptors (Lipinski definition) is 4. The third-order valence-corrected chi connectivity index (χ3v) is 1.93. The number of carbonyl (C=O) groups excluding carboxylic acids is 1. The van der Waals surface area contributed by atoms with E-state index in [0.29, 0.717) is 19.6 Å². The maximum Gasteiger partial charge on any atom is 0.233 e. The summed E-state index contributed by atoms with van der Waals surface area (Å²) in [5.41, 5.74) is 0. The van der Waals surface area contributed by atoms with Crippen molar-refractivity contribution in [3.05, 3.63) is 0 Å². The largest absolute Gasteiger partial charge is 0.385 e. The Kier molecular flexibility index (Phi) is 8.73. The highest BCUT2D eigenvalue weighted by Crippen LogP contribution is 1.89. The summed E-state index contributed by atoms with van der Waals surface area (Å²) in [6.07, 6.45) is 1.23. The molecule has 1 atom stereocenters. The van der Waals surface area contributed by atoms with Crippen LogP contribution in [-0.4, -0.2) is 38.8 Å². The SMILES string of the molecule is COCCC(C)NCC(=O)NCCC#N. The molecular formula is C10H19N3O2. The minimum atomic E-state index is -0.0745. The van der Waals surface area contributed by atoms with Crippen LogP contribution in [0.2, 0.25) is 0 Å². The van der Waals surface area contributed by atoms with Crippen molar-refractivity contribution in [1.29, 1.82) is 5.26 Å². The molecule has 0 aliphatic heterocycles. The molecule has 15 heavy (non-hydrogen) atoms. The molecule has 0 saturated carbocycles. The van der Waals surface area contributed by atoms with Gasteiger partial charge in [0.05, 0.1) is 19.0 Å². The standard InChI is InChI=1S/C10H19N3O2/c1-9(4-7-15-2)13-8-10(14)12-6-3-5-11/h9,13H,3-4,6-8H2,1-2H3,(H,12,14). The Morgan fingerprint density at radius 1 is 1.60 bits per heavy atom. The number of rotatable bonds is 8. The van der Waals surface area contributed by atoms with Crippen LogP contribution >= 0.6 is 0 Å². The lowest BCUT2D eigenvalue weighted by atomic mass is 10.2. The maximum absolute atomic E-state index is 11.2. The van der Waals surface area contributed by atoms with Gasteiger partial charge in [-0.25, -0.2) is 0 Å². The molecule has 0 heterocycles. The van der Waals surface area contributed by atoms with Gasteiger partial charge in [0.15, 0.2) is 0 Å². The monoisotopic (exact) mass is 213 g/mol. The zero-order chi connectivity index (χ0) is 11.5. The van der Waals surface area contributed by atoms with Gasteiger partial charge < -0.3 is 15.4 Å². The molecule has 86 valence electrons. The van der Waals surface area contributed by atoms with Crippen molar-refractivity contribution < 1.29 is 9.53 Å².